The van der Waals surface area contributed by atoms with Crippen LogP contribution in [0.25, 0.3) is 0 Å². The summed E-state index contributed by atoms with van der Waals surface area (Å²) in [5.74, 6) is 5.53. The summed E-state index contributed by atoms with van der Waals surface area (Å²) in [5, 5.41) is 37.6. The molecule has 25 heteroatoms. The molecule has 5 atom stereocenters. The highest BCUT2D eigenvalue weighted by molar-refractivity contribution is 7.66. The van der Waals surface area contributed by atoms with Crippen molar-refractivity contribution in [2.45, 2.75) is 57.1 Å². The summed E-state index contributed by atoms with van der Waals surface area (Å²) in [7, 11) is -18.4. The van der Waals surface area contributed by atoms with E-state index in [1.54, 1.807) is 35.1 Å². The van der Waals surface area contributed by atoms with Gasteiger partial charge in [0.2, 0.25) is 0 Å². The Bertz CT molecular complexity index is 1950. The number of aryl methyl sites for hydroxylation is 1. The number of phosphoric acid groups is 3. The van der Waals surface area contributed by atoms with E-state index < -0.39 is 66.9 Å². The molecule has 3 aromatic rings. The first-order chi connectivity index (χ1) is 22.9. The Labute approximate surface area is 276 Å². The average molecular weight is 749 g/mol. The highest BCUT2D eigenvalue weighted by atomic mass is 31.3. The number of H-pyrrole nitrogens is 1. The van der Waals surface area contributed by atoms with E-state index in [4.69, 9.17) is 14.5 Å². The van der Waals surface area contributed by atoms with Crippen molar-refractivity contribution in [3.05, 3.63) is 74.3 Å². The van der Waals surface area contributed by atoms with E-state index in [2.05, 4.69) is 40.3 Å². The van der Waals surface area contributed by atoms with E-state index in [1.807, 2.05) is 0 Å². The lowest BCUT2D eigenvalue weighted by Gasteiger charge is -2.19. The van der Waals surface area contributed by atoms with E-state index in [-0.39, 0.29) is 12.0 Å². The van der Waals surface area contributed by atoms with Crippen LogP contribution in [0.5, 0.6) is 0 Å². The summed E-state index contributed by atoms with van der Waals surface area (Å²) in [6, 6.07) is 6.85. The summed E-state index contributed by atoms with van der Waals surface area (Å²) in [5.41, 5.74) is 0.00142. The van der Waals surface area contributed by atoms with Gasteiger partial charge in [0.1, 0.15) is 17.9 Å². The maximum atomic E-state index is 12.5. The Morgan fingerprint density at radius 2 is 1.78 bits per heavy atom. The topological polar surface area (TPSA) is 315 Å². The van der Waals surface area contributed by atoms with Gasteiger partial charge < -0.3 is 39.5 Å². The van der Waals surface area contributed by atoms with Crippen molar-refractivity contribution in [3.8, 4) is 11.8 Å². The van der Waals surface area contributed by atoms with E-state index in [0.717, 1.165) is 16.5 Å². The van der Waals surface area contributed by atoms with Gasteiger partial charge in [0.25, 0.3) is 5.56 Å². The third-order valence-electron chi connectivity index (χ3n) is 6.76. The van der Waals surface area contributed by atoms with Crippen LogP contribution in [-0.2, 0) is 44.5 Å². The van der Waals surface area contributed by atoms with Crippen LogP contribution in [0.2, 0.25) is 0 Å². The zero-order valence-electron chi connectivity index (χ0n) is 25.2. The zero-order valence-corrected chi connectivity index (χ0v) is 27.8. The molecule has 1 saturated heterocycles. The van der Waals surface area contributed by atoms with Crippen molar-refractivity contribution in [1.82, 2.24) is 24.5 Å². The molecule has 8 N–H and O–H groups in total. The molecule has 0 radical (unpaired) electrons. The van der Waals surface area contributed by atoms with Gasteiger partial charge >= 0.3 is 36.3 Å². The predicted molar refractivity (Wildman–Crippen MR) is 165 cm³/mol. The quantitative estimate of drug-likeness (QED) is 0.0384. The molecule has 0 bridgehead atoms. The summed E-state index contributed by atoms with van der Waals surface area (Å²) < 4.78 is 53.9. The number of rotatable bonds is 15. The minimum Gasteiger partial charge on any atom is -0.423 e. The number of aromatic amines is 1. The van der Waals surface area contributed by atoms with Gasteiger partial charge in [-0.05, 0) is 30.3 Å². The van der Waals surface area contributed by atoms with Crippen molar-refractivity contribution in [3.63, 3.8) is 0 Å². The van der Waals surface area contributed by atoms with Crippen LogP contribution >= 0.6 is 23.5 Å². The molecule has 3 heterocycles. The maximum absolute atomic E-state index is 12.5. The average Bonchev–Trinajstić information content (AvgIpc) is 3.58. The normalized spacial score (nSPS) is 20.3. The molecule has 266 valence electrons. The fourth-order valence-corrected chi connectivity index (χ4v) is 7.64. The molecule has 0 amide bonds. The largest absolute Gasteiger partial charge is 0.490 e. The van der Waals surface area contributed by atoms with Crippen LogP contribution in [0.3, 0.4) is 0 Å². The molecule has 1 aliphatic heterocycles. The SMILES string of the molecule is O=c1[nH]c(=O)n([C@H]2C[C@H](O)[C@@H](COP(=O)(O)OP(=O)(O)OP(=O)(O)O)O2)cc1C#CCCCCc1cn(Cc2ccccc2B(O)O)nn1. The van der Waals surface area contributed by atoms with Crippen LogP contribution in [0, 0.1) is 11.8 Å². The minimum atomic E-state index is -5.75. The van der Waals surface area contributed by atoms with Gasteiger partial charge in [-0.2, -0.15) is 8.62 Å². The highest BCUT2D eigenvalue weighted by Gasteiger charge is 2.43. The standard InChI is InChI=1S/C24H31BN5O16P3/c31-20-11-22(44-21(20)15-43-48(39,40)46-49(41,42)45-47(36,37)38)30-13-17(23(32)26-24(30)33)8-3-1-2-4-9-18-14-29(28-27-18)12-16-7-5-6-10-19(16)25(34)35/h5-7,10,13-14,20-22,31,34-35H,1-2,4,9,11-12,15H2,(H,39,40)(H,41,42)(H,26,32,33)(H2,36,37,38)/t20-,21+,22+/m0/s1. The van der Waals surface area contributed by atoms with Gasteiger partial charge in [-0.15, -0.1) is 5.10 Å². The van der Waals surface area contributed by atoms with E-state index in [0.29, 0.717) is 43.3 Å². The number of aliphatic hydroxyl groups excluding tert-OH is 1. The molecule has 1 aliphatic rings. The lowest BCUT2D eigenvalue weighted by atomic mass is 9.77. The van der Waals surface area contributed by atoms with E-state index in [1.165, 1.54) is 0 Å². The number of nitrogens with one attached hydrogen (secondary N) is 1. The van der Waals surface area contributed by atoms with Gasteiger partial charge in [-0.25, -0.2) is 23.2 Å². The molecule has 2 unspecified atom stereocenters. The summed E-state index contributed by atoms with van der Waals surface area (Å²) >= 11 is 0. The van der Waals surface area contributed by atoms with Crippen molar-refractivity contribution in [1.29, 1.82) is 0 Å². The van der Waals surface area contributed by atoms with Gasteiger partial charge in [0.05, 0.1) is 24.9 Å². The molecule has 1 fully saturated rings. The monoisotopic (exact) mass is 749 g/mol. The second-order valence-electron chi connectivity index (χ2n) is 10.5. The minimum absolute atomic E-state index is 0.0920. The van der Waals surface area contributed by atoms with Crippen molar-refractivity contribution in [2.24, 2.45) is 0 Å². The maximum Gasteiger partial charge on any atom is 0.490 e. The van der Waals surface area contributed by atoms with E-state index in [9.17, 15) is 48.2 Å². The molecule has 21 nitrogen and oxygen atoms in total. The van der Waals surface area contributed by atoms with Gasteiger partial charge in [0, 0.05) is 25.2 Å². The highest BCUT2D eigenvalue weighted by Crippen LogP contribution is 2.66. The first-order valence-electron chi connectivity index (χ1n) is 14.2. The number of hydrogen-bond acceptors (Lipinski definition) is 14. The first-order valence-corrected chi connectivity index (χ1v) is 18.7. The Morgan fingerprint density at radius 1 is 1.04 bits per heavy atom. The smallest absolute Gasteiger partial charge is 0.423 e. The number of unbranched alkanes of at least 4 members (excludes halogenated alkanes) is 2. The number of phosphoric ester groups is 1. The summed E-state index contributed by atoms with van der Waals surface area (Å²) in [4.78, 5) is 63.0. The Hall–Kier alpha value is -3.09. The summed E-state index contributed by atoms with van der Waals surface area (Å²) in [6.07, 6.45) is 0.888. The molecular formula is C24H31BN5O16P3. The number of benzene rings is 1. The number of aliphatic hydroxyl groups is 1. The number of hydrogen-bond donors (Lipinski definition) is 8. The van der Waals surface area contributed by atoms with Crippen LogP contribution < -0.4 is 16.7 Å². The van der Waals surface area contributed by atoms with Crippen LogP contribution in [0.4, 0.5) is 0 Å². The van der Waals surface area contributed by atoms with Crippen molar-refractivity contribution < 1.29 is 66.3 Å². The predicted octanol–water partition coefficient (Wildman–Crippen LogP) is -1.39. The van der Waals surface area contributed by atoms with Crippen molar-refractivity contribution in [2.75, 3.05) is 6.61 Å². The molecule has 49 heavy (non-hydrogen) atoms. The molecule has 4 rings (SSSR count). The number of aromatic nitrogens is 5. The Morgan fingerprint density at radius 3 is 2.49 bits per heavy atom. The number of ether oxygens (including phenoxy) is 1. The number of nitrogens with zero attached hydrogens (tertiary/aromatic N) is 4. The molecule has 1 aromatic carbocycles. The molecule has 0 saturated carbocycles. The van der Waals surface area contributed by atoms with E-state index >= 15 is 0 Å². The van der Waals surface area contributed by atoms with Crippen LogP contribution in [0.1, 0.15) is 48.7 Å². The second-order valence-corrected chi connectivity index (χ2v) is 14.9. The van der Waals surface area contributed by atoms with Gasteiger partial charge in [0.15, 0.2) is 0 Å². The first kappa shape index (κ1) is 38.7. The lowest BCUT2D eigenvalue weighted by Crippen LogP contribution is -2.33. The molecular weight excluding hydrogens is 718 g/mol. The van der Waals surface area contributed by atoms with Gasteiger partial charge in [-0.3, -0.25) is 18.9 Å². The molecule has 2 aromatic heterocycles. The van der Waals surface area contributed by atoms with Crippen molar-refractivity contribution >= 4 is 36.0 Å². The molecule has 0 spiro atoms. The Balaban J connectivity index is 1.28. The van der Waals surface area contributed by atoms with Gasteiger partial charge in [-0.1, -0.05) is 41.3 Å². The van der Waals surface area contributed by atoms with Crippen LogP contribution in [-0.4, -0.2) is 85.2 Å². The summed E-state index contributed by atoms with van der Waals surface area (Å²) in [6.45, 7) is -0.638. The lowest BCUT2D eigenvalue weighted by molar-refractivity contribution is -0.0450. The Kier molecular flexibility index (Phi) is 12.9. The second kappa shape index (κ2) is 16.3. The zero-order chi connectivity index (χ0) is 36.0. The third kappa shape index (κ3) is 11.7. The fourth-order valence-electron chi connectivity index (χ4n) is 4.61. The fraction of sp³-hybridized carbons (Fsp3) is 0.417. The third-order valence-corrected chi connectivity index (χ3v) is 10.6. The molecule has 0 aliphatic carbocycles. The van der Waals surface area contributed by atoms with Crippen LogP contribution in [0.15, 0.2) is 46.2 Å².